The van der Waals surface area contributed by atoms with Crippen molar-refractivity contribution in [3.8, 4) is 0 Å². The molecule has 0 unspecified atom stereocenters. The first-order chi connectivity index (χ1) is 11.3. The molecule has 130 valence electrons. The summed E-state index contributed by atoms with van der Waals surface area (Å²) >= 11 is 0. The number of carbonyl (C=O) groups excluding carboxylic acids is 1. The highest BCUT2D eigenvalue weighted by Crippen LogP contribution is 1.99. The molecule has 0 radical (unpaired) electrons. The van der Waals surface area contributed by atoms with Crippen LogP contribution in [-0.4, -0.2) is 58.5 Å². The lowest BCUT2D eigenvalue weighted by Gasteiger charge is -2.09. The number of benzene rings is 1. The van der Waals surface area contributed by atoms with E-state index in [1.165, 1.54) is 6.42 Å². The largest absolute Gasteiger partial charge is 0.446 e. The molecule has 0 heterocycles. The quantitative estimate of drug-likeness (QED) is 0.228. The van der Waals surface area contributed by atoms with Crippen molar-refractivity contribution in [3.63, 3.8) is 0 Å². The fraction of sp³-hybridized carbons (Fsp3) is 0.588. The van der Waals surface area contributed by atoms with Crippen LogP contribution in [-0.2, 0) is 4.74 Å². The van der Waals surface area contributed by atoms with Crippen molar-refractivity contribution in [2.24, 2.45) is 0 Å². The van der Waals surface area contributed by atoms with Crippen LogP contribution >= 0.6 is 0 Å². The van der Waals surface area contributed by atoms with E-state index in [9.17, 15) is 4.79 Å². The van der Waals surface area contributed by atoms with Crippen LogP contribution in [0.2, 0.25) is 0 Å². The van der Waals surface area contributed by atoms with Gasteiger partial charge in [0.25, 0.3) is 0 Å². The lowest BCUT2D eigenvalue weighted by Crippen LogP contribution is -2.35. The Kier molecular flexibility index (Phi) is 12.0. The van der Waals surface area contributed by atoms with Gasteiger partial charge in [-0.2, -0.15) is 0 Å². The van der Waals surface area contributed by atoms with Gasteiger partial charge in [-0.15, -0.1) is 0 Å². The highest BCUT2D eigenvalue weighted by Gasteiger charge is 2.04. The Morgan fingerprint density at radius 1 is 0.826 bits per heavy atom. The molecular weight excluding hydrogens is 292 g/mol. The first kappa shape index (κ1) is 19.6. The second kappa shape index (κ2) is 14.1. The molecule has 0 aliphatic heterocycles. The molecule has 4 N–H and O–H groups in total. The average molecular weight is 322 g/mol. The SMILES string of the molecule is CCCNCCNCCNCCNCOC(=O)c1ccccc1. The summed E-state index contributed by atoms with van der Waals surface area (Å²) in [5.74, 6) is -0.299. The Balaban J connectivity index is 1.82. The summed E-state index contributed by atoms with van der Waals surface area (Å²) in [6, 6.07) is 9.00. The molecular formula is C17H30N4O2. The summed E-state index contributed by atoms with van der Waals surface area (Å²) in [5, 5.41) is 13.1. The maximum Gasteiger partial charge on any atom is 0.339 e. The van der Waals surface area contributed by atoms with Gasteiger partial charge in [-0.1, -0.05) is 25.1 Å². The van der Waals surface area contributed by atoms with E-state index in [2.05, 4.69) is 28.2 Å². The van der Waals surface area contributed by atoms with Crippen LogP contribution in [0.3, 0.4) is 0 Å². The molecule has 0 aliphatic carbocycles. The van der Waals surface area contributed by atoms with Crippen molar-refractivity contribution >= 4 is 5.97 Å². The van der Waals surface area contributed by atoms with Gasteiger partial charge in [0.05, 0.1) is 5.56 Å². The van der Waals surface area contributed by atoms with Crippen LogP contribution in [0.15, 0.2) is 30.3 Å². The molecule has 0 bridgehead atoms. The lowest BCUT2D eigenvalue weighted by atomic mass is 10.2. The van der Waals surface area contributed by atoms with E-state index in [1.807, 2.05) is 18.2 Å². The molecule has 0 amide bonds. The van der Waals surface area contributed by atoms with Crippen LogP contribution in [0.5, 0.6) is 0 Å². The molecule has 1 aromatic rings. The zero-order valence-corrected chi connectivity index (χ0v) is 14.1. The molecule has 6 heteroatoms. The molecule has 0 fully saturated rings. The van der Waals surface area contributed by atoms with E-state index in [0.29, 0.717) is 5.56 Å². The van der Waals surface area contributed by atoms with Gasteiger partial charge in [-0.25, -0.2) is 4.79 Å². The molecule has 0 saturated heterocycles. The van der Waals surface area contributed by atoms with E-state index in [-0.39, 0.29) is 12.7 Å². The van der Waals surface area contributed by atoms with Crippen molar-refractivity contribution in [2.75, 3.05) is 52.5 Å². The summed E-state index contributed by atoms with van der Waals surface area (Å²) in [7, 11) is 0. The first-order valence-electron chi connectivity index (χ1n) is 8.39. The number of carbonyl (C=O) groups is 1. The molecule has 0 saturated carbocycles. The van der Waals surface area contributed by atoms with Crippen LogP contribution in [0.25, 0.3) is 0 Å². The number of rotatable bonds is 14. The van der Waals surface area contributed by atoms with Crippen molar-refractivity contribution in [2.45, 2.75) is 13.3 Å². The molecule has 0 spiro atoms. The molecule has 0 aliphatic rings. The molecule has 1 rings (SSSR count). The lowest BCUT2D eigenvalue weighted by molar-refractivity contribution is 0.0473. The van der Waals surface area contributed by atoms with E-state index >= 15 is 0 Å². The molecule has 1 aromatic carbocycles. The Morgan fingerprint density at radius 2 is 1.35 bits per heavy atom. The Bertz CT molecular complexity index is 401. The number of hydrogen-bond donors (Lipinski definition) is 4. The van der Waals surface area contributed by atoms with E-state index in [1.54, 1.807) is 12.1 Å². The highest BCUT2D eigenvalue weighted by molar-refractivity contribution is 5.89. The summed E-state index contributed by atoms with van der Waals surface area (Å²) < 4.78 is 5.12. The van der Waals surface area contributed by atoms with Crippen molar-refractivity contribution < 1.29 is 9.53 Å². The predicted molar refractivity (Wildman–Crippen MR) is 93.6 cm³/mol. The molecule has 0 aromatic heterocycles. The minimum atomic E-state index is -0.299. The number of ether oxygens (including phenoxy) is 1. The van der Waals surface area contributed by atoms with E-state index in [0.717, 1.165) is 45.8 Å². The minimum Gasteiger partial charge on any atom is -0.446 e. The number of nitrogens with one attached hydrogen (secondary N) is 4. The monoisotopic (exact) mass is 322 g/mol. The third-order valence-electron chi connectivity index (χ3n) is 3.18. The maximum absolute atomic E-state index is 11.7. The number of hydrogen-bond acceptors (Lipinski definition) is 6. The van der Waals surface area contributed by atoms with Gasteiger partial charge in [0.15, 0.2) is 0 Å². The van der Waals surface area contributed by atoms with Gasteiger partial charge in [0.2, 0.25) is 0 Å². The van der Waals surface area contributed by atoms with Crippen molar-refractivity contribution in [1.82, 2.24) is 21.3 Å². The van der Waals surface area contributed by atoms with Crippen LogP contribution in [0, 0.1) is 0 Å². The predicted octanol–water partition coefficient (Wildman–Crippen LogP) is 0.569. The normalized spacial score (nSPS) is 10.7. The summed E-state index contributed by atoms with van der Waals surface area (Å²) in [4.78, 5) is 11.7. The van der Waals surface area contributed by atoms with Gasteiger partial charge in [0, 0.05) is 39.3 Å². The maximum atomic E-state index is 11.7. The zero-order chi connectivity index (χ0) is 16.6. The Morgan fingerprint density at radius 3 is 1.91 bits per heavy atom. The van der Waals surface area contributed by atoms with Crippen LogP contribution in [0.1, 0.15) is 23.7 Å². The third kappa shape index (κ3) is 10.8. The average Bonchev–Trinajstić information content (AvgIpc) is 2.59. The number of esters is 1. The van der Waals surface area contributed by atoms with Gasteiger partial charge >= 0.3 is 5.97 Å². The summed E-state index contributed by atoms with van der Waals surface area (Å²) in [5.41, 5.74) is 0.576. The standard InChI is InChI=1S/C17H30N4O2/c1-2-8-18-9-10-19-11-12-20-13-14-21-15-23-17(22)16-6-4-3-5-7-16/h3-7,18-21H,2,8-15H2,1H3. The Hall–Kier alpha value is -1.47. The summed E-state index contributed by atoms with van der Waals surface area (Å²) in [6.45, 7) is 8.99. The first-order valence-corrected chi connectivity index (χ1v) is 8.39. The smallest absolute Gasteiger partial charge is 0.339 e. The minimum absolute atomic E-state index is 0.233. The van der Waals surface area contributed by atoms with Gasteiger partial charge < -0.3 is 20.7 Å². The highest BCUT2D eigenvalue weighted by atomic mass is 16.5. The fourth-order valence-electron chi connectivity index (χ4n) is 1.93. The van der Waals surface area contributed by atoms with Gasteiger partial charge in [-0.05, 0) is 25.1 Å². The third-order valence-corrected chi connectivity index (χ3v) is 3.18. The van der Waals surface area contributed by atoms with Gasteiger partial charge in [-0.3, -0.25) is 5.32 Å². The molecule has 6 nitrogen and oxygen atoms in total. The molecule has 0 atom stereocenters. The fourth-order valence-corrected chi connectivity index (χ4v) is 1.93. The van der Waals surface area contributed by atoms with Crippen molar-refractivity contribution in [1.29, 1.82) is 0 Å². The zero-order valence-electron chi connectivity index (χ0n) is 14.1. The summed E-state index contributed by atoms with van der Waals surface area (Å²) in [6.07, 6.45) is 1.18. The second-order valence-electron chi connectivity index (χ2n) is 5.19. The Labute approximate surface area is 139 Å². The van der Waals surface area contributed by atoms with Crippen LogP contribution < -0.4 is 21.3 Å². The second-order valence-corrected chi connectivity index (χ2v) is 5.19. The topological polar surface area (TPSA) is 74.4 Å². The van der Waals surface area contributed by atoms with E-state index < -0.39 is 0 Å². The molecule has 23 heavy (non-hydrogen) atoms. The van der Waals surface area contributed by atoms with Crippen LogP contribution in [0.4, 0.5) is 0 Å². The van der Waals surface area contributed by atoms with E-state index in [4.69, 9.17) is 4.74 Å². The van der Waals surface area contributed by atoms with Crippen molar-refractivity contribution in [3.05, 3.63) is 35.9 Å². The van der Waals surface area contributed by atoms with Gasteiger partial charge in [0.1, 0.15) is 6.73 Å².